The molecule has 0 aliphatic carbocycles. The Morgan fingerprint density at radius 2 is 1.16 bits per heavy atom. The Kier molecular flexibility index (Phi) is 21.4. The maximum Gasteiger partial charge on any atom is 0.319 e. The summed E-state index contributed by atoms with van der Waals surface area (Å²) in [6.45, 7) is 6.09. The Bertz CT molecular complexity index is 2410. The molecule has 3 aliphatic heterocycles. The number of amides is 8. The summed E-state index contributed by atoms with van der Waals surface area (Å²) in [6, 6.07) is 14.4. The number of hydrogen-bond acceptors (Lipinski definition) is 13. The molecule has 23 heteroatoms. The van der Waals surface area contributed by atoms with Gasteiger partial charge in [-0.15, -0.1) is 45.9 Å². The minimum Gasteiger partial charge on any atom is -0.368 e. The number of halogens is 2. The van der Waals surface area contributed by atoms with E-state index in [1.807, 2.05) is 62.4 Å². The number of anilines is 2. The van der Waals surface area contributed by atoms with Crippen molar-refractivity contribution in [3.63, 3.8) is 0 Å². The van der Waals surface area contributed by atoms with Crippen LogP contribution in [0.1, 0.15) is 75.1 Å². The van der Waals surface area contributed by atoms with E-state index in [0.717, 1.165) is 20.2 Å². The number of nitrogens with two attached hydrogens (primary N) is 2. The molecule has 1 spiro atoms. The fourth-order valence-electron chi connectivity index (χ4n) is 7.46. The van der Waals surface area contributed by atoms with Crippen LogP contribution < -0.4 is 38.1 Å². The highest BCUT2D eigenvalue weighted by Crippen LogP contribution is 2.39. The van der Waals surface area contributed by atoms with Crippen LogP contribution in [0, 0.1) is 0 Å². The molecule has 7 rings (SSSR count). The van der Waals surface area contributed by atoms with Crippen molar-refractivity contribution in [2.75, 3.05) is 83.0 Å². The van der Waals surface area contributed by atoms with Crippen molar-refractivity contribution < 1.29 is 43.0 Å². The molecule has 2 aromatic heterocycles. The Labute approximate surface area is 414 Å². The zero-order chi connectivity index (χ0) is 48.2. The number of hydrogen-bond donors (Lipinski definition) is 7. The van der Waals surface area contributed by atoms with E-state index in [1.165, 1.54) is 44.0 Å². The lowest BCUT2D eigenvalue weighted by molar-refractivity contribution is -0.337. The summed E-state index contributed by atoms with van der Waals surface area (Å²) >= 11 is 14.0. The number of benzene rings is 2. The van der Waals surface area contributed by atoms with Crippen LogP contribution in [-0.4, -0.2) is 141 Å². The monoisotopic (exact) mass is 1020 g/mol. The van der Waals surface area contributed by atoms with E-state index in [-0.39, 0.29) is 56.4 Å². The number of carbonyl (C=O) groups is 6. The minimum atomic E-state index is -1.07. The van der Waals surface area contributed by atoms with Crippen molar-refractivity contribution in [1.82, 2.24) is 25.8 Å². The summed E-state index contributed by atoms with van der Waals surface area (Å²) in [7, 11) is 4.40. The van der Waals surface area contributed by atoms with Crippen LogP contribution in [0.4, 0.5) is 19.6 Å². The first kappa shape index (κ1) is 57.2. The second-order valence-electron chi connectivity index (χ2n) is 15.3. The van der Waals surface area contributed by atoms with Crippen LogP contribution in [0.25, 0.3) is 20.2 Å². The third kappa shape index (κ3) is 12.9. The molecule has 374 valence electrons. The number of methoxy groups -OCH3 is 3. The molecule has 0 bridgehead atoms. The molecule has 8 amide bonds. The number of aliphatic imine (C=N–C) groups is 1. The predicted octanol–water partition coefficient (Wildman–Crippen LogP) is 6.34. The van der Waals surface area contributed by atoms with Crippen LogP contribution in [0.2, 0.25) is 0 Å². The molecule has 0 atom stereocenters. The third-order valence-electron chi connectivity index (χ3n) is 11.3. The molecule has 19 nitrogen and oxygen atoms in total. The van der Waals surface area contributed by atoms with Crippen molar-refractivity contribution >= 4 is 118 Å². The largest absolute Gasteiger partial charge is 0.368 e. The van der Waals surface area contributed by atoms with Crippen molar-refractivity contribution in [3.8, 4) is 0 Å². The summed E-state index contributed by atoms with van der Waals surface area (Å²) < 4.78 is 16.3. The number of likely N-dealkylation sites (tertiary alicyclic amines) is 2. The molecule has 2 aromatic carbocycles. The second kappa shape index (κ2) is 25.5. The molecule has 68 heavy (non-hydrogen) atoms. The quantitative estimate of drug-likeness (QED) is 0.0612. The van der Waals surface area contributed by atoms with E-state index in [0.29, 0.717) is 91.9 Å². The van der Waals surface area contributed by atoms with Crippen LogP contribution in [-0.2, 0) is 23.8 Å². The highest BCUT2D eigenvalue weighted by atomic mass is 35.5. The average Bonchev–Trinajstić information content (AvgIpc) is 3.97. The predicted molar refractivity (Wildman–Crippen MR) is 272 cm³/mol. The Hall–Kier alpha value is -5.13. The first-order valence-electron chi connectivity index (χ1n) is 21.0. The Balaban J connectivity index is 0.000000299. The molecule has 5 heterocycles. The minimum absolute atomic E-state index is 0. The fraction of sp³-hybridized carbons (Fsp3) is 0.489. The lowest BCUT2D eigenvalue weighted by atomic mass is 9.87. The lowest BCUT2D eigenvalue weighted by Crippen LogP contribution is -2.59. The highest BCUT2D eigenvalue weighted by molar-refractivity contribution is 7.24. The summed E-state index contributed by atoms with van der Waals surface area (Å²) in [5.41, 5.74) is 10.4. The zero-order valence-corrected chi connectivity index (χ0v) is 40.5. The van der Waals surface area contributed by atoms with Gasteiger partial charge in [-0.25, -0.2) is 9.59 Å². The SMILES string of the molecule is C.C.CCNC(=O)Nc1sc2ccccc2c1C(=O)N1CCC(N)(C(N)=O)CC1.CCNC(=O)Nc1sc2ccccc2c1C(=O)N1CCC2(CC1)N=C(CCl)NC2=O.COC(CCl)(OC)OC. The molecule has 0 radical (unpaired) electrons. The molecular weight excluding hydrogens is 960 g/mol. The number of fused-ring (bicyclic) bond motifs is 2. The van der Waals surface area contributed by atoms with Crippen LogP contribution in [0.5, 0.6) is 0 Å². The molecule has 0 unspecified atom stereocenters. The van der Waals surface area contributed by atoms with Gasteiger partial charge in [0.25, 0.3) is 23.7 Å². The number of alkyl halides is 2. The van der Waals surface area contributed by atoms with E-state index in [1.54, 1.807) is 9.80 Å². The van der Waals surface area contributed by atoms with Gasteiger partial charge in [-0.3, -0.25) is 34.8 Å². The maximum absolute atomic E-state index is 13.4. The smallest absolute Gasteiger partial charge is 0.319 e. The number of carbonyl (C=O) groups excluding carboxylic acids is 6. The number of nitrogens with zero attached hydrogens (tertiary/aromatic N) is 3. The van der Waals surface area contributed by atoms with Crippen molar-refractivity contribution in [2.45, 2.75) is 71.4 Å². The first-order chi connectivity index (χ1) is 31.6. The van der Waals surface area contributed by atoms with Gasteiger partial charge in [-0.2, -0.15) is 0 Å². The fourth-order valence-corrected chi connectivity index (χ4v) is 10.1. The van der Waals surface area contributed by atoms with E-state index >= 15 is 0 Å². The highest BCUT2D eigenvalue weighted by Gasteiger charge is 2.46. The number of rotatable bonds is 12. The third-order valence-corrected chi connectivity index (χ3v) is 14.1. The molecular formula is C45H64Cl2N10O9S2. The van der Waals surface area contributed by atoms with E-state index in [9.17, 15) is 28.8 Å². The number of piperidine rings is 2. The van der Waals surface area contributed by atoms with Crippen LogP contribution in [0.15, 0.2) is 53.5 Å². The van der Waals surface area contributed by atoms with Gasteiger partial charge in [-0.05, 0) is 51.7 Å². The van der Waals surface area contributed by atoms with Gasteiger partial charge in [-0.1, -0.05) is 51.3 Å². The van der Waals surface area contributed by atoms with E-state index in [2.05, 4.69) is 31.6 Å². The summed E-state index contributed by atoms with van der Waals surface area (Å²) in [5.74, 6) is -1.32. The van der Waals surface area contributed by atoms with Crippen molar-refractivity contribution in [1.29, 1.82) is 0 Å². The topological polar surface area (TPSA) is 261 Å². The second-order valence-corrected chi connectivity index (χ2v) is 17.9. The lowest BCUT2D eigenvalue weighted by Gasteiger charge is -2.37. The Morgan fingerprint density at radius 3 is 1.50 bits per heavy atom. The summed E-state index contributed by atoms with van der Waals surface area (Å²) in [5, 5.41) is 16.3. The standard InChI is InChI=1S/C20H22ClN5O3S.C18H23N5O3S.C5H11ClO3.2CH4/c1-2-22-19(29)24-16-15(12-5-3-4-6-13(12)30-16)17(27)26-9-7-20(8-10-26)18(28)23-14(11-21)25-20;1-2-21-17(26)22-14-13(11-5-3-4-6-12(11)27-14)15(24)23-9-7-18(20,8-10-23)16(19)25;1-7-5(4-6,8-2)9-3;;/h3-6H,2,7-11H2,1H3,(H2,22,24,29)(H,23,25,28);3-6H,2,7-10,20H2,1H3,(H2,19,25)(H2,21,22,26);4H2,1-3H3;2*1H4. The maximum atomic E-state index is 13.4. The number of nitrogens with one attached hydrogen (secondary N) is 5. The van der Waals surface area contributed by atoms with Gasteiger partial charge in [0, 0.05) is 80.8 Å². The van der Waals surface area contributed by atoms with Gasteiger partial charge in [0.15, 0.2) is 0 Å². The van der Waals surface area contributed by atoms with E-state index in [4.69, 9.17) is 48.9 Å². The molecule has 2 fully saturated rings. The van der Waals surface area contributed by atoms with E-state index < -0.39 is 23.0 Å². The Morgan fingerprint density at radius 1 is 0.750 bits per heavy atom. The summed E-state index contributed by atoms with van der Waals surface area (Å²) in [4.78, 5) is 82.6. The number of ether oxygens (including phenoxy) is 3. The number of thiophene rings is 2. The van der Waals surface area contributed by atoms with Gasteiger partial charge >= 0.3 is 12.1 Å². The number of amidine groups is 1. The molecule has 2 saturated heterocycles. The molecule has 4 aromatic rings. The normalized spacial score (nSPS) is 15.8. The first-order valence-corrected chi connectivity index (χ1v) is 23.7. The number of urea groups is 2. The molecule has 9 N–H and O–H groups in total. The van der Waals surface area contributed by atoms with Crippen LogP contribution >= 0.6 is 45.9 Å². The zero-order valence-electron chi connectivity index (χ0n) is 37.3. The van der Waals surface area contributed by atoms with Gasteiger partial charge in [0.05, 0.1) is 22.5 Å². The van der Waals surface area contributed by atoms with Gasteiger partial charge in [0.2, 0.25) is 5.91 Å². The molecule has 0 saturated carbocycles. The number of primary amides is 1. The van der Waals surface area contributed by atoms with Crippen LogP contribution in [0.3, 0.4) is 0 Å². The average molecular weight is 1020 g/mol. The molecule has 3 aliphatic rings. The van der Waals surface area contributed by atoms with Gasteiger partial charge in [0.1, 0.15) is 27.3 Å². The van der Waals surface area contributed by atoms with Gasteiger partial charge < -0.3 is 51.4 Å². The van der Waals surface area contributed by atoms with Crippen molar-refractivity contribution in [2.24, 2.45) is 16.5 Å². The van der Waals surface area contributed by atoms with Crippen molar-refractivity contribution in [3.05, 3.63) is 59.7 Å². The summed E-state index contributed by atoms with van der Waals surface area (Å²) in [6.07, 6.45) is 1.50.